The second-order valence-electron chi connectivity index (χ2n) is 2.84. The van der Waals surface area contributed by atoms with Crippen LogP contribution in [-0.4, -0.2) is 4.98 Å². The van der Waals surface area contributed by atoms with Gasteiger partial charge in [0.1, 0.15) is 0 Å². The van der Waals surface area contributed by atoms with Crippen molar-refractivity contribution in [3.63, 3.8) is 0 Å². The fraction of sp³-hybridized carbons (Fsp3) is 0.100. The highest BCUT2D eigenvalue weighted by molar-refractivity contribution is 5.81. The number of rotatable bonds is 0. The van der Waals surface area contributed by atoms with E-state index in [-0.39, 0.29) is 0 Å². The van der Waals surface area contributed by atoms with Gasteiger partial charge in [-0.25, -0.2) is 0 Å². The monoisotopic (exact) mass is 156 g/mol. The first-order valence-corrected chi connectivity index (χ1v) is 3.79. The molecule has 0 amide bonds. The highest BCUT2D eigenvalue weighted by Crippen LogP contribution is 2.17. The molecule has 58 valence electrons. The highest BCUT2D eigenvalue weighted by atomic mass is 14.7. The van der Waals surface area contributed by atoms with E-state index in [2.05, 4.69) is 11.1 Å². The van der Waals surface area contributed by atoms with Gasteiger partial charge < -0.3 is 4.98 Å². The molecule has 2 rings (SSSR count). The Morgan fingerprint density at radius 3 is 3.00 bits per heavy atom. The van der Waals surface area contributed by atoms with Crippen LogP contribution < -0.4 is 0 Å². The summed E-state index contributed by atoms with van der Waals surface area (Å²) in [6, 6.07) is 8.03. The summed E-state index contributed by atoms with van der Waals surface area (Å²) in [5.41, 5.74) is 2.86. The van der Waals surface area contributed by atoms with Crippen molar-refractivity contribution in [2.24, 2.45) is 0 Å². The van der Waals surface area contributed by atoms with E-state index < -0.39 is 0 Å². The number of aromatic nitrogens is 1. The second-order valence-corrected chi connectivity index (χ2v) is 2.84. The second kappa shape index (κ2) is 2.38. The maximum Gasteiger partial charge on any atom is 0.0994 e. The normalized spacial score (nSPS) is 10.0. The Morgan fingerprint density at radius 2 is 2.25 bits per heavy atom. The summed E-state index contributed by atoms with van der Waals surface area (Å²) < 4.78 is 0. The van der Waals surface area contributed by atoms with Gasteiger partial charge in [-0.15, -0.1) is 0 Å². The van der Waals surface area contributed by atoms with Gasteiger partial charge in [0.05, 0.1) is 11.6 Å². The lowest BCUT2D eigenvalue weighted by Gasteiger charge is -1.96. The molecule has 0 aliphatic heterocycles. The Morgan fingerprint density at radius 1 is 1.42 bits per heavy atom. The molecule has 2 heteroatoms. The number of benzene rings is 1. The van der Waals surface area contributed by atoms with Crippen molar-refractivity contribution in [1.82, 2.24) is 4.98 Å². The summed E-state index contributed by atoms with van der Waals surface area (Å²) in [5, 5.41) is 9.85. The van der Waals surface area contributed by atoms with E-state index in [0.717, 1.165) is 22.0 Å². The van der Waals surface area contributed by atoms with E-state index in [9.17, 15) is 0 Å². The number of aryl methyl sites for hydroxylation is 1. The third kappa shape index (κ3) is 0.876. The summed E-state index contributed by atoms with van der Waals surface area (Å²) in [6.45, 7) is 1.94. The average Bonchev–Trinajstić information content (AvgIpc) is 2.49. The van der Waals surface area contributed by atoms with Crippen LogP contribution in [0.25, 0.3) is 10.9 Å². The first-order valence-electron chi connectivity index (χ1n) is 3.79. The molecule has 1 aromatic carbocycles. The molecule has 0 atom stereocenters. The fourth-order valence-corrected chi connectivity index (χ4v) is 1.33. The van der Waals surface area contributed by atoms with Crippen LogP contribution in [0.5, 0.6) is 0 Å². The number of nitriles is 1. The van der Waals surface area contributed by atoms with E-state index >= 15 is 0 Å². The standard InChI is InChI=1S/C10H8N2/c1-7-4-10-8(2-3-12-10)5-9(7)6-11/h2-5,12H,1H3. The predicted octanol–water partition coefficient (Wildman–Crippen LogP) is 2.35. The van der Waals surface area contributed by atoms with Crippen molar-refractivity contribution in [2.75, 3.05) is 0 Å². The largest absolute Gasteiger partial charge is 0.361 e. The van der Waals surface area contributed by atoms with Gasteiger partial charge >= 0.3 is 0 Å². The van der Waals surface area contributed by atoms with Crippen LogP contribution in [0.15, 0.2) is 24.4 Å². The molecule has 0 unspecified atom stereocenters. The first kappa shape index (κ1) is 6.93. The van der Waals surface area contributed by atoms with Gasteiger partial charge in [0.15, 0.2) is 0 Å². The molecule has 1 N–H and O–H groups in total. The molecule has 0 aliphatic rings. The Labute approximate surface area is 70.4 Å². The molecule has 2 nitrogen and oxygen atoms in total. The van der Waals surface area contributed by atoms with Gasteiger partial charge in [-0.1, -0.05) is 0 Å². The number of hydrogen-bond acceptors (Lipinski definition) is 1. The Bertz CT molecular complexity index is 460. The number of nitrogens with zero attached hydrogens (tertiary/aromatic N) is 1. The molecule has 0 spiro atoms. The third-order valence-electron chi connectivity index (χ3n) is 2.02. The molecular formula is C10H8N2. The number of H-pyrrole nitrogens is 1. The average molecular weight is 156 g/mol. The van der Waals surface area contributed by atoms with Crippen LogP contribution in [0.3, 0.4) is 0 Å². The molecular weight excluding hydrogens is 148 g/mol. The Kier molecular flexibility index (Phi) is 1.38. The van der Waals surface area contributed by atoms with Crippen molar-refractivity contribution in [3.8, 4) is 6.07 Å². The molecule has 0 saturated heterocycles. The van der Waals surface area contributed by atoms with Gasteiger partial charge in [-0.3, -0.25) is 0 Å². The van der Waals surface area contributed by atoms with Crippen LogP contribution in [0.1, 0.15) is 11.1 Å². The molecule has 1 heterocycles. The lowest BCUT2D eigenvalue weighted by Crippen LogP contribution is -1.80. The van der Waals surface area contributed by atoms with E-state index in [1.165, 1.54) is 0 Å². The van der Waals surface area contributed by atoms with Crippen molar-refractivity contribution in [3.05, 3.63) is 35.5 Å². The number of fused-ring (bicyclic) bond motifs is 1. The molecule has 0 bridgehead atoms. The first-order chi connectivity index (χ1) is 5.81. The Hall–Kier alpha value is -1.75. The molecule has 0 saturated carbocycles. The maximum absolute atomic E-state index is 8.76. The predicted molar refractivity (Wildman–Crippen MR) is 47.8 cm³/mol. The summed E-state index contributed by atoms with van der Waals surface area (Å²) in [6.07, 6.45) is 1.88. The van der Waals surface area contributed by atoms with E-state index in [0.29, 0.717) is 0 Å². The van der Waals surface area contributed by atoms with E-state index in [1.54, 1.807) is 0 Å². The van der Waals surface area contributed by atoms with Crippen LogP contribution in [0.4, 0.5) is 0 Å². The molecule has 2 aromatic rings. The van der Waals surface area contributed by atoms with Gasteiger partial charge in [0.2, 0.25) is 0 Å². The molecule has 0 radical (unpaired) electrons. The molecule has 0 fully saturated rings. The zero-order valence-corrected chi connectivity index (χ0v) is 6.76. The fourth-order valence-electron chi connectivity index (χ4n) is 1.33. The SMILES string of the molecule is Cc1cc2[nH]ccc2cc1C#N. The van der Waals surface area contributed by atoms with Gasteiger partial charge in [0.25, 0.3) is 0 Å². The van der Waals surface area contributed by atoms with Gasteiger partial charge in [0, 0.05) is 17.1 Å². The lowest BCUT2D eigenvalue weighted by atomic mass is 10.1. The van der Waals surface area contributed by atoms with Crippen molar-refractivity contribution in [1.29, 1.82) is 5.26 Å². The summed E-state index contributed by atoms with van der Waals surface area (Å²) >= 11 is 0. The minimum absolute atomic E-state index is 0.752. The van der Waals surface area contributed by atoms with Crippen molar-refractivity contribution >= 4 is 10.9 Å². The summed E-state index contributed by atoms with van der Waals surface area (Å²) in [4.78, 5) is 3.10. The topological polar surface area (TPSA) is 39.6 Å². The zero-order valence-electron chi connectivity index (χ0n) is 6.76. The van der Waals surface area contributed by atoms with E-state index in [1.807, 2.05) is 31.3 Å². The summed E-state index contributed by atoms with van der Waals surface area (Å²) in [5.74, 6) is 0. The molecule has 12 heavy (non-hydrogen) atoms. The number of aromatic amines is 1. The quantitative estimate of drug-likeness (QED) is 0.624. The molecule has 0 aliphatic carbocycles. The lowest BCUT2D eigenvalue weighted by molar-refractivity contribution is 1.40. The maximum atomic E-state index is 8.76. The third-order valence-corrected chi connectivity index (χ3v) is 2.02. The zero-order chi connectivity index (χ0) is 8.55. The van der Waals surface area contributed by atoms with E-state index in [4.69, 9.17) is 5.26 Å². The Balaban J connectivity index is 2.84. The van der Waals surface area contributed by atoms with Gasteiger partial charge in [-0.2, -0.15) is 5.26 Å². The number of nitrogens with one attached hydrogen (secondary N) is 1. The van der Waals surface area contributed by atoms with Crippen LogP contribution in [0.2, 0.25) is 0 Å². The van der Waals surface area contributed by atoms with Crippen LogP contribution in [-0.2, 0) is 0 Å². The molecule has 1 aromatic heterocycles. The summed E-state index contributed by atoms with van der Waals surface area (Å²) in [7, 11) is 0. The van der Waals surface area contributed by atoms with Crippen LogP contribution in [0, 0.1) is 18.3 Å². The van der Waals surface area contributed by atoms with Crippen molar-refractivity contribution < 1.29 is 0 Å². The highest BCUT2D eigenvalue weighted by Gasteiger charge is 1.99. The van der Waals surface area contributed by atoms with Crippen LogP contribution >= 0.6 is 0 Å². The minimum atomic E-state index is 0.752. The minimum Gasteiger partial charge on any atom is -0.361 e. The number of hydrogen-bond donors (Lipinski definition) is 1. The van der Waals surface area contributed by atoms with Gasteiger partial charge in [-0.05, 0) is 30.7 Å². The van der Waals surface area contributed by atoms with Crippen molar-refractivity contribution in [2.45, 2.75) is 6.92 Å². The smallest absolute Gasteiger partial charge is 0.0994 e.